The Balaban J connectivity index is 1.86. The van der Waals surface area contributed by atoms with Crippen molar-refractivity contribution in [2.24, 2.45) is 5.92 Å². The zero-order valence-corrected chi connectivity index (χ0v) is 14.5. The first-order valence-corrected chi connectivity index (χ1v) is 8.20. The number of carbonyl (C=O) groups is 2. The van der Waals surface area contributed by atoms with E-state index in [0.717, 1.165) is 16.7 Å². The second kappa shape index (κ2) is 8.87. The lowest BCUT2D eigenvalue weighted by Crippen LogP contribution is -2.36. The number of hydrogen-bond acceptors (Lipinski definition) is 3. The van der Waals surface area contributed by atoms with E-state index in [-0.39, 0.29) is 19.1 Å². The highest BCUT2D eigenvalue weighted by Gasteiger charge is 2.19. The number of carboxylic acid groups (broad SMARTS) is 1. The van der Waals surface area contributed by atoms with Crippen molar-refractivity contribution >= 4 is 11.9 Å². The minimum atomic E-state index is -0.931. The van der Waals surface area contributed by atoms with E-state index in [1.54, 1.807) is 0 Å². The Morgan fingerprint density at radius 1 is 1.04 bits per heavy atom. The first-order chi connectivity index (χ1) is 12.0. The monoisotopic (exact) mass is 341 g/mol. The Kier molecular flexibility index (Phi) is 6.57. The van der Waals surface area contributed by atoms with Gasteiger partial charge in [-0.3, -0.25) is 9.59 Å². The summed E-state index contributed by atoms with van der Waals surface area (Å²) < 4.78 is 5.58. The van der Waals surface area contributed by atoms with Gasteiger partial charge in [0.25, 0.3) is 5.91 Å². The molecule has 0 saturated carbocycles. The number of rotatable bonds is 8. The predicted octanol–water partition coefficient (Wildman–Crippen LogP) is 2.74. The maximum absolute atomic E-state index is 12.0. The molecule has 2 rings (SSSR count). The molecule has 1 atom stereocenters. The summed E-state index contributed by atoms with van der Waals surface area (Å²) in [5, 5.41) is 12.0. The summed E-state index contributed by atoms with van der Waals surface area (Å²) in [6, 6.07) is 15.1. The van der Waals surface area contributed by atoms with Gasteiger partial charge < -0.3 is 15.2 Å². The van der Waals surface area contributed by atoms with Gasteiger partial charge in [-0.25, -0.2) is 0 Å². The summed E-state index contributed by atoms with van der Waals surface area (Å²) in [5.74, 6) is -1.25. The fraction of sp³-hybridized carbons (Fsp3) is 0.300. The highest BCUT2D eigenvalue weighted by Crippen LogP contribution is 2.22. The number of para-hydroxylation sites is 1. The summed E-state index contributed by atoms with van der Waals surface area (Å²) in [6.45, 7) is 3.77. The van der Waals surface area contributed by atoms with E-state index in [4.69, 9.17) is 4.74 Å². The maximum atomic E-state index is 12.0. The van der Waals surface area contributed by atoms with Gasteiger partial charge in [0.2, 0.25) is 0 Å². The number of benzene rings is 2. The minimum absolute atomic E-state index is 0.0686. The molecule has 0 bridgehead atoms. The summed E-state index contributed by atoms with van der Waals surface area (Å²) >= 11 is 0. The van der Waals surface area contributed by atoms with Gasteiger partial charge in [0.15, 0.2) is 6.61 Å². The minimum Gasteiger partial charge on any atom is -0.483 e. The zero-order chi connectivity index (χ0) is 18.2. The molecular formula is C20H23NO4. The van der Waals surface area contributed by atoms with Crippen molar-refractivity contribution in [1.82, 2.24) is 5.32 Å². The van der Waals surface area contributed by atoms with Crippen LogP contribution < -0.4 is 10.1 Å². The van der Waals surface area contributed by atoms with E-state index in [1.807, 2.05) is 62.4 Å². The fourth-order valence-corrected chi connectivity index (χ4v) is 2.60. The molecule has 25 heavy (non-hydrogen) atoms. The number of carboxylic acids is 1. The molecule has 132 valence electrons. The second-order valence-corrected chi connectivity index (χ2v) is 6.04. The second-order valence-electron chi connectivity index (χ2n) is 6.04. The summed E-state index contributed by atoms with van der Waals surface area (Å²) in [4.78, 5) is 23.4. The van der Waals surface area contributed by atoms with Gasteiger partial charge in [-0.2, -0.15) is 0 Å². The molecular weight excluding hydrogens is 318 g/mol. The molecule has 0 fully saturated rings. The highest BCUT2D eigenvalue weighted by atomic mass is 16.5. The maximum Gasteiger partial charge on any atom is 0.308 e. The molecule has 1 unspecified atom stereocenters. The van der Waals surface area contributed by atoms with Gasteiger partial charge in [-0.15, -0.1) is 0 Å². The molecule has 0 heterocycles. The van der Waals surface area contributed by atoms with Gasteiger partial charge in [0, 0.05) is 6.54 Å². The molecule has 0 aliphatic rings. The van der Waals surface area contributed by atoms with Gasteiger partial charge in [-0.1, -0.05) is 48.5 Å². The molecule has 2 aromatic rings. The smallest absolute Gasteiger partial charge is 0.308 e. The number of amides is 1. The largest absolute Gasteiger partial charge is 0.483 e. The molecule has 0 aromatic heterocycles. The Hall–Kier alpha value is -2.82. The third-order valence-corrected chi connectivity index (χ3v) is 3.98. The van der Waals surface area contributed by atoms with Crippen molar-refractivity contribution < 1.29 is 19.4 Å². The molecule has 1 amide bonds. The average Bonchev–Trinajstić information content (AvgIpc) is 2.58. The lowest BCUT2D eigenvalue weighted by atomic mass is 9.99. The normalized spacial score (nSPS) is 11.6. The number of hydrogen-bond donors (Lipinski definition) is 2. The number of carbonyl (C=O) groups excluding carboxylic acids is 1. The van der Waals surface area contributed by atoms with Gasteiger partial charge in [0.05, 0.1) is 5.92 Å². The van der Waals surface area contributed by atoms with Crippen molar-refractivity contribution in [1.29, 1.82) is 0 Å². The summed E-state index contributed by atoms with van der Waals surface area (Å²) in [5.41, 5.74) is 2.84. The Morgan fingerprint density at radius 2 is 1.68 bits per heavy atom. The average molecular weight is 341 g/mol. The number of aryl methyl sites for hydroxylation is 2. The number of aliphatic carboxylic acids is 1. The van der Waals surface area contributed by atoms with Crippen LogP contribution in [0.25, 0.3) is 0 Å². The molecule has 0 saturated heterocycles. The van der Waals surface area contributed by atoms with Crippen LogP contribution in [0.4, 0.5) is 0 Å². The van der Waals surface area contributed by atoms with Gasteiger partial charge in [-0.05, 0) is 37.0 Å². The van der Waals surface area contributed by atoms with E-state index < -0.39 is 11.9 Å². The van der Waals surface area contributed by atoms with E-state index >= 15 is 0 Å². The number of ether oxygens (including phenoxy) is 1. The van der Waals surface area contributed by atoms with Crippen LogP contribution in [-0.4, -0.2) is 30.1 Å². The molecule has 0 spiro atoms. The van der Waals surface area contributed by atoms with Crippen LogP contribution in [0.2, 0.25) is 0 Å². The standard InChI is InChI=1S/C20H23NO4/c1-14-7-6-8-15(2)19(14)25-13-18(22)21-12-17(20(23)24)11-16-9-4-3-5-10-16/h3-10,17H,11-13H2,1-2H3,(H,21,22)(H,23,24). The topological polar surface area (TPSA) is 75.6 Å². The van der Waals surface area contributed by atoms with Crippen LogP contribution >= 0.6 is 0 Å². The van der Waals surface area contributed by atoms with Crippen LogP contribution in [0, 0.1) is 19.8 Å². The van der Waals surface area contributed by atoms with Crippen molar-refractivity contribution in [2.45, 2.75) is 20.3 Å². The van der Waals surface area contributed by atoms with Crippen molar-refractivity contribution in [3.63, 3.8) is 0 Å². The quantitative estimate of drug-likeness (QED) is 0.774. The summed E-state index contributed by atoms with van der Waals surface area (Å²) in [7, 11) is 0. The molecule has 0 aliphatic heterocycles. The van der Waals surface area contributed by atoms with Crippen molar-refractivity contribution in [3.05, 3.63) is 65.2 Å². The first kappa shape index (κ1) is 18.5. The van der Waals surface area contributed by atoms with E-state index in [0.29, 0.717) is 12.2 Å². The third kappa shape index (κ3) is 5.64. The van der Waals surface area contributed by atoms with Crippen LogP contribution in [0.3, 0.4) is 0 Å². The van der Waals surface area contributed by atoms with E-state index in [2.05, 4.69) is 5.32 Å². The Labute approximate surface area is 147 Å². The van der Waals surface area contributed by atoms with E-state index in [1.165, 1.54) is 0 Å². The molecule has 0 radical (unpaired) electrons. The lowest BCUT2D eigenvalue weighted by molar-refractivity contribution is -0.141. The Morgan fingerprint density at radius 3 is 2.28 bits per heavy atom. The highest BCUT2D eigenvalue weighted by molar-refractivity contribution is 5.78. The fourth-order valence-electron chi connectivity index (χ4n) is 2.60. The Bertz CT molecular complexity index is 707. The van der Waals surface area contributed by atoms with Crippen LogP contribution in [-0.2, 0) is 16.0 Å². The van der Waals surface area contributed by atoms with Crippen molar-refractivity contribution in [3.8, 4) is 5.75 Å². The van der Waals surface area contributed by atoms with E-state index in [9.17, 15) is 14.7 Å². The van der Waals surface area contributed by atoms with Crippen LogP contribution in [0.15, 0.2) is 48.5 Å². The van der Waals surface area contributed by atoms with Gasteiger partial charge >= 0.3 is 5.97 Å². The first-order valence-electron chi connectivity index (χ1n) is 8.20. The molecule has 2 N–H and O–H groups in total. The molecule has 0 aliphatic carbocycles. The molecule has 5 nitrogen and oxygen atoms in total. The van der Waals surface area contributed by atoms with Crippen LogP contribution in [0.1, 0.15) is 16.7 Å². The number of nitrogens with one attached hydrogen (secondary N) is 1. The zero-order valence-electron chi connectivity index (χ0n) is 14.5. The van der Waals surface area contributed by atoms with Crippen LogP contribution in [0.5, 0.6) is 5.75 Å². The lowest BCUT2D eigenvalue weighted by Gasteiger charge is -2.15. The van der Waals surface area contributed by atoms with Gasteiger partial charge in [0.1, 0.15) is 5.75 Å². The predicted molar refractivity (Wildman–Crippen MR) is 95.7 cm³/mol. The molecule has 5 heteroatoms. The molecule has 2 aromatic carbocycles. The SMILES string of the molecule is Cc1cccc(C)c1OCC(=O)NCC(Cc1ccccc1)C(=O)O. The summed E-state index contributed by atoms with van der Waals surface area (Å²) in [6.07, 6.45) is 0.369. The third-order valence-electron chi connectivity index (χ3n) is 3.98. The van der Waals surface area contributed by atoms with Crippen molar-refractivity contribution in [2.75, 3.05) is 13.2 Å².